The van der Waals surface area contributed by atoms with Crippen molar-refractivity contribution in [2.24, 2.45) is 0 Å². The average molecular weight is 317 g/mol. The van der Waals surface area contributed by atoms with Gasteiger partial charge in [-0.1, -0.05) is 0 Å². The first kappa shape index (κ1) is 14.9. The Bertz CT molecular complexity index is 651. The summed E-state index contributed by atoms with van der Waals surface area (Å²) in [5.41, 5.74) is 2.43. The zero-order valence-corrected chi connectivity index (χ0v) is 13.4. The maximum atomic E-state index is 12.1. The number of thiazole rings is 1. The molecule has 0 atom stereocenters. The van der Waals surface area contributed by atoms with Crippen LogP contribution in [-0.4, -0.2) is 33.9 Å². The number of carbonyl (C=O) groups is 1. The molecule has 0 saturated carbocycles. The molecule has 6 nitrogen and oxygen atoms in total. The molecular formula is C15H19N5OS. The van der Waals surface area contributed by atoms with E-state index >= 15 is 0 Å². The van der Waals surface area contributed by atoms with Crippen LogP contribution in [-0.2, 0) is 6.54 Å². The summed E-state index contributed by atoms with van der Waals surface area (Å²) in [6.07, 6.45) is 5.47. The molecule has 1 amide bonds. The van der Waals surface area contributed by atoms with Crippen molar-refractivity contribution in [2.75, 3.05) is 18.0 Å². The number of nitrogens with zero attached hydrogens (tertiary/aromatic N) is 4. The molecule has 0 spiro atoms. The van der Waals surface area contributed by atoms with E-state index in [1.807, 2.05) is 13.0 Å². The summed E-state index contributed by atoms with van der Waals surface area (Å²) in [7, 11) is 0. The molecule has 0 bridgehead atoms. The summed E-state index contributed by atoms with van der Waals surface area (Å²) >= 11 is 1.35. The quantitative estimate of drug-likeness (QED) is 0.935. The van der Waals surface area contributed by atoms with Crippen molar-refractivity contribution in [1.82, 2.24) is 20.3 Å². The Labute approximate surface area is 133 Å². The number of hydrogen-bond acceptors (Lipinski definition) is 6. The highest BCUT2D eigenvalue weighted by Gasteiger charge is 2.14. The van der Waals surface area contributed by atoms with Gasteiger partial charge in [-0.15, -0.1) is 11.3 Å². The molecule has 3 heterocycles. The van der Waals surface area contributed by atoms with Crippen LogP contribution in [0.25, 0.3) is 0 Å². The topological polar surface area (TPSA) is 71.0 Å². The van der Waals surface area contributed by atoms with Crippen LogP contribution in [0.2, 0.25) is 0 Å². The van der Waals surface area contributed by atoms with Gasteiger partial charge in [0.2, 0.25) is 0 Å². The van der Waals surface area contributed by atoms with E-state index in [-0.39, 0.29) is 5.91 Å². The van der Waals surface area contributed by atoms with Crippen molar-refractivity contribution < 1.29 is 4.79 Å². The maximum Gasteiger partial charge on any atom is 0.263 e. The van der Waals surface area contributed by atoms with Crippen LogP contribution in [0.5, 0.6) is 0 Å². The fourth-order valence-corrected chi connectivity index (χ4v) is 3.25. The fourth-order valence-electron chi connectivity index (χ4n) is 2.53. The number of amides is 1. The Morgan fingerprint density at radius 1 is 1.32 bits per heavy atom. The molecule has 1 aliphatic heterocycles. The highest BCUT2D eigenvalue weighted by Crippen LogP contribution is 2.17. The van der Waals surface area contributed by atoms with Gasteiger partial charge in [0, 0.05) is 19.3 Å². The van der Waals surface area contributed by atoms with Crippen molar-refractivity contribution in [1.29, 1.82) is 0 Å². The molecule has 1 fully saturated rings. The number of aryl methyl sites for hydroxylation is 1. The zero-order valence-electron chi connectivity index (χ0n) is 12.6. The summed E-state index contributed by atoms with van der Waals surface area (Å²) in [5.74, 6) is 1.47. The van der Waals surface area contributed by atoms with Crippen molar-refractivity contribution in [3.8, 4) is 0 Å². The molecule has 1 aliphatic rings. The molecule has 0 radical (unpaired) electrons. The van der Waals surface area contributed by atoms with Gasteiger partial charge in [0.1, 0.15) is 16.5 Å². The number of hydrogen-bond donors (Lipinski definition) is 1. The van der Waals surface area contributed by atoms with Gasteiger partial charge in [-0.3, -0.25) is 4.79 Å². The summed E-state index contributed by atoms with van der Waals surface area (Å²) in [4.78, 5) is 27.9. The van der Waals surface area contributed by atoms with Crippen molar-refractivity contribution in [3.63, 3.8) is 0 Å². The van der Waals surface area contributed by atoms with Crippen molar-refractivity contribution in [3.05, 3.63) is 34.2 Å². The monoisotopic (exact) mass is 317 g/mol. The van der Waals surface area contributed by atoms with Crippen LogP contribution in [0.4, 0.5) is 5.82 Å². The van der Waals surface area contributed by atoms with Crippen LogP contribution in [0, 0.1) is 6.92 Å². The minimum atomic E-state index is -0.119. The van der Waals surface area contributed by atoms with Gasteiger partial charge in [-0.05, 0) is 32.3 Å². The van der Waals surface area contributed by atoms with E-state index in [1.54, 1.807) is 11.7 Å². The van der Waals surface area contributed by atoms with Crippen LogP contribution in [0.1, 0.15) is 40.5 Å². The smallest absolute Gasteiger partial charge is 0.263 e. The van der Waals surface area contributed by atoms with E-state index in [0.29, 0.717) is 17.2 Å². The second-order valence-corrected chi connectivity index (χ2v) is 6.18. The summed E-state index contributed by atoms with van der Waals surface area (Å²) < 4.78 is 0. The summed E-state index contributed by atoms with van der Waals surface area (Å²) in [6, 6.07) is 1.93. The largest absolute Gasteiger partial charge is 0.357 e. The normalized spacial score (nSPS) is 14.9. The first-order valence-corrected chi connectivity index (χ1v) is 8.37. The molecule has 1 saturated heterocycles. The number of piperidine rings is 1. The van der Waals surface area contributed by atoms with Gasteiger partial charge < -0.3 is 10.2 Å². The van der Waals surface area contributed by atoms with Crippen LogP contribution < -0.4 is 10.2 Å². The first-order chi connectivity index (χ1) is 10.7. The lowest BCUT2D eigenvalue weighted by Crippen LogP contribution is -2.31. The lowest BCUT2D eigenvalue weighted by molar-refractivity contribution is 0.0953. The minimum absolute atomic E-state index is 0.119. The second-order valence-electron chi connectivity index (χ2n) is 5.33. The molecule has 116 valence electrons. The van der Waals surface area contributed by atoms with Gasteiger partial charge in [0.25, 0.3) is 5.91 Å². The van der Waals surface area contributed by atoms with Crippen LogP contribution in [0.15, 0.2) is 17.8 Å². The zero-order chi connectivity index (χ0) is 15.4. The number of anilines is 1. The third-order valence-electron chi connectivity index (χ3n) is 3.73. The van der Waals surface area contributed by atoms with E-state index in [0.717, 1.165) is 24.6 Å². The highest BCUT2D eigenvalue weighted by atomic mass is 32.1. The molecule has 0 aliphatic carbocycles. The van der Waals surface area contributed by atoms with Crippen LogP contribution >= 0.6 is 11.3 Å². The Morgan fingerprint density at radius 3 is 2.86 bits per heavy atom. The molecule has 1 N–H and O–H groups in total. The van der Waals surface area contributed by atoms with E-state index < -0.39 is 0 Å². The molecular weight excluding hydrogens is 298 g/mol. The number of rotatable bonds is 4. The van der Waals surface area contributed by atoms with E-state index in [1.165, 1.54) is 30.6 Å². The van der Waals surface area contributed by atoms with Gasteiger partial charge >= 0.3 is 0 Å². The Morgan fingerprint density at radius 2 is 2.14 bits per heavy atom. The molecule has 2 aromatic heterocycles. The highest BCUT2D eigenvalue weighted by molar-refractivity contribution is 7.11. The summed E-state index contributed by atoms with van der Waals surface area (Å²) in [5, 5.41) is 2.86. The lowest BCUT2D eigenvalue weighted by atomic mass is 10.1. The standard InChI is InChI=1S/C15H19N5OS/c1-11-14(22-10-18-11)15(21)17-9-12-16-6-5-13(19-12)20-7-3-2-4-8-20/h5-6,10H,2-4,7-9H2,1H3,(H,17,21). The Kier molecular flexibility index (Phi) is 4.62. The number of aromatic nitrogens is 3. The molecule has 22 heavy (non-hydrogen) atoms. The third kappa shape index (κ3) is 3.41. The second kappa shape index (κ2) is 6.83. The predicted molar refractivity (Wildman–Crippen MR) is 86.1 cm³/mol. The van der Waals surface area contributed by atoms with Crippen molar-refractivity contribution in [2.45, 2.75) is 32.7 Å². The van der Waals surface area contributed by atoms with Crippen LogP contribution in [0.3, 0.4) is 0 Å². The van der Waals surface area contributed by atoms with Gasteiger partial charge in [-0.2, -0.15) is 0 Å². The fraction of sp³-hybridized carbons (Fsp3) is 0.467. The SMILES string of the molecule is Cc1ncsc1C(=O)NCc1nccc(N2CCCCC2)n1. The maximum absolute atomic E-state index is 12.1. The number of carbonyl (C=O) groups excluding carboxylic acids is 1. The molecule has 0 aromatic carbocycles. The van der Waals surface area contributed by atoms with Gasteiger partial charge in [-0.25, -0.2) is 15.0 Å². The lowest BCUT2D eigenvalue weighted by Gasteiger charge is -2.27. The predicted octanol–water partition coefficient (Wildman–Crippen LogP) is 2.16. The Hall–Kier alpha value is -2.02. The molecule has 3 rings (SSSR count). The van der Waals surface area contributed by atoms with Gasteiger partial charge in [0.05, 0.1) is 17.7 Å². The molecule has 2 aromatic rings. The average Bonchev–Trinajstić information content (AvgIpc) is 3.00. The van der Waals surface area contributed by atoms with E-state index in [2.05, 4.69) is 25.2 Å². The Balaban J connectivity index is 1.63. The third-order valence-corrected chi connectivity index (χ3v) is 4.66. The first-order valence-electron chi connectivity index (χ1n) is 7.49. The van der Waals surface area contributed by atoms with E-state index in [4.69, 9.17) is 0 Å². The van der Waals surface area contributed by atoms with E-state index in [9.17, 15) is 4.79 Å². The van der Waals surface area contributed by atoms with Gasteiger partial charge in [0.15, 0.2) is 0 Å². The summed E-state index contributed by atoms with van der Waals surface area (Å²) in [6.45, 7) is 4.25. The minimum Gasteiger partial charge on any atom is -0.357 e. The molecule has 7 heteroatoms. The molecule has 0 unspecified atom stereocenters. The van der Waals surface area contributed by atoms with Crippen molar-refractivity contribution >= 4 is 23.1 Å². The number of nitrogens with one attached hydrogen (secondary N) is 1.